The van der Waals surface area contributed by atoms with E-state index in [1.165, 1.54) is 10.7 Å². The molecule has 0 aliphatic rings. The standard InChI is InChI=1S/C13H7Cl2N3O2/c14-8-4-2-5-9(15)12(8)18-11-7(13(19)20)3-1-6-10(11)16-17-18/h1-6H,(H,19,20). The molecule has 7 heteroatoms. The lowest BCUT2D eigenvalue weighted by atomic mass is 10.2. The Morgan fingerprint density at radius 3 is 2.40 bits per heavy atom. The van der Waals surface area contributed by atoms with Gasteiger partial charge in [0.2, 0.25) is 0 Å². The van der Waals surface area contributed by atoms with Crippen LogP contribution in [-0.2, 0) is 0 Å². The molecule has 0 bridgehead atoms. The van der Waals surface area contributed by atoms with Crippen molar-refractivity contribution in [2.24, 2.45) is 0 Å². The van der Waals surface area contributed by atoms with Gasteiger partial charge in [-0.15, -0.1) is 5.10 Å². The predicted molar refractivity (Wildman–Crippen MR) is 75.8 cm³/mol. The van der Waals surface area contributed by atoms with Gasteiger partial charge in [-0.05, 0) is 24.3 Å². The number of aromatic carboxylic acids is 1. The molecule has 20 heavy (non-hydrogen) atoms. The van der Waals surface area contributed by atoms with Gasteiger partial charge in [0.1, 0.15) is 16.7 Å². The molecule has 0 spiro atoms. The summed E-state index contributed by atoms with van der Waals surface area (Å²) >= 11 is 12.3. The van der Waals surface area contributed by atoms with Gasteiger partial charge in [0.05, 0.1) is 15.6 Å². The van der Waals surface area contributed by atoms with Gasteiger partial charge in [-0.3, -0.25) is 0 Å². The molecule has 0 amide bonds. The van der Waals surface area contributed by atoms with Gasteiger partial charge >= 0.3 is 5.97 Å². The van der Waals surface area contributed by atoms with Crippen molar-refractivity contribution in [3.63, 3.8) is 0 Å². The monoisotopic (exact) mass is 307 g/mol. The fraction of sp³-hybridized carbons (Fsp3) is 0. The highest BCUT2D eigenvalue weighted by atomic mass is 35.5. The highest BCUT2D eigenvalue weighted by molar-refractivity contribution is 6.37. The number of para-hydroxylation sites is 2. The molecule has 0 saturated carbocycles. The first-order chi connectivity index (χ1) is 9.59. The SMILES string of the molecule is O=C(O)c1cccc2nnn(-c3c(Cl)cccc3Cl)c12. The zero-order chi connectivity index (χ0) is 14.3. The Morgan fingerprint density at radius 2 is 1.75 bits per heavy atom. The molecule has 3 aromatic rings. The lowest BCUT2D eigenvalue weighted by Crippen LogP contribution is -2.04. The number of hydrogen-bond acceptors (Lipinski definition) is 3. The molecule has 0 radical (unpaired) electrons. The van der Waals surface area contributed by atoms with E-state index in [0.29, 0.717) is 26.8 Å². The van der Waals surface area contributed by atoms with Crippen LogP contribution in [0.15, 0.2) is 36.4 Å². The van der Waals surface area contributed by atoms with Crippen molar-refractivity contribution in [2.45, 2.75) is 0 Å². The molecule has 1 heterocycles. The fourth-order valence-electron chi connectivity index (χ4n) is 1.99. The molecule has 2 aromatic carbocycles. The van der Waals surface area contributed by atoms with Gasteiger partial charge < -0.3 is 5.11 Å². The van der Waals surface area contributed by atoms with Crippen molar-refractivity contribution in [2.75, 3.05) is 0 Å². The second-order valence-electron chi connectivity index (χ2n) is 4.05. The van der Waals surface area contributed by atoms with Crippen molar-refractivity contribution >= 4 is 40.2 Å². The molecule has 0 saturated heterocycles. The summed E-state index contributed by atoms with van der Waals surface area (Å²) in [4.78, 5) is 11.3. The van der Waals surface area contributed by atoms with Crippen LogP contribution in [0, 0.1) is 0 Å². The number of fused-ring (bicyclic) bond motifs is 1. The zero-order valence-corrected chi connectivity index (χ0v) is 11.4. The third-order valence-corrected chi connectivity index (χ3v) is 3.46. The van der Waals surface area contributed by atoms with Crippen molar-refractivity contribution < 1.29 is 9.90 Å². The maximum absolute atomic E-state index is 11.3. The zero-order valence-electron chi connectivity index (χ0n) is 9.92. The lowest BCUT2D eigenvalue weighted by molar-refractivity contribution is 0.0698. The van der Waals surface area contributed by atoms with Crippen molar-refractivity contribution in [3.8, 4) is 5.69 Å². The number of aromatic nitrogens is 3. The Bertz CT molecular complexity index is 809. The van der Waals surface area contributed by atoms with E-state index in [0.717, 1.165) is 0 Å². The third kappa shape index (κ3) is 1.92. The van der Waals surface area contributed by atoms with E-state index in [1.807, 2.05) is 0 Å². The van der Waals surface area contributed by atoms with Crippen LogP contribution in [0.25, 0.3) is 16.7 Å². The number of carboxylic acids is 1. The summed E-state index contributed by atoms with van der Waals surface area (Å²) in [5, 5.41) is 17.9. The number of carboxylic acid groups (broad SMARTS) is 1. The van der Waals surface area contributed by atoms with Crippen LogP contribution in [0.4, 0.5) is 0 Å². The van der Waals surface area contributed by atoms with E-state index >= 15 is 0 Å². The normalized spacial score (nSPS) is 10.9. The van der Waals surface area contributed by atoms with Crippen molar-refractivity contribution in [1.29, 1.82) is 0 Å². The number of nitrogens with zero attached hydrogens (tertiary/aromatic N) is 3. The summed E-state index contributed by atoms with van der Waals surface area (Å²) in [5.74, 6) is -1.07. The number of rotatable bonds is 2. The van der Waals surface area contributed by atoms with Crippen LogP contribution in [0.1, 0.15) is 10.4 Å². The van der Waals surface area contributed by atoms with E-state index < -0.39 is 5.97 Å². The van der Waals surface area contributed by atoms with E-state index in [4.69, 9.17) is 23.2 Å². The fourth-order valence-corrected chi connectivity index (χ4v) is 2.55. The quantitative estimate of drug-likeness (QED) is 0.787. The maximum atomic E-state index is 11.3. The largest absolute Gasteiger partial charge is 0.478 e. The number of halogens is 2. The van der Waals surface area contributed by atoms with Crippen LogP contribution < -0.4 is 0 Å². The maximum Gasteiger partial charge on any atom is 0.337 e. The minimum absolute atomic E-state index is 0.0866. The van der Waals surface area contributed by atoms with Crippen molar-refractivity contribution in [1.82, 2.24) is 15.0 Å². The molecule has 3 rings (SSSR count). The molecular formula is C13H7Cl2N3O2. The molecule has 0 aliphatic carbocycles. The van der Waals surface area contributed by atoms with Gasteiger partial charge in [-0.25, -0.2) is 9.48 Å². The molecule has 0 aliphatic heterocycles. The van der Waals surface area contributed by atoms with E-state index in [2.05, 4.69) is 10.3 Å². The highest BCUT2D eigenvalue weighted by Gasteiger charge is 2.18. The second-order valence-corrected chi connectivity index (χ2v) is 4.86. The van der Waals surface area contributed by atoms with Crippen molar-refractivity contribution in [3.05, 3.63) is 52.0 Å². The number of benzene rings is 2. The smallest absolute Gasteiger partial charge is 0.337 e. The van der Waals surface area contributed by atoms with Crippen LogP contribution in [-0.4, -0.2) is 26.1 Å². The van der Waals surface area contributed by atoms with Gasteiger partial charge in [0, 0.05) is 0 Å². The van der Waals surface area contributed by atoms with Gasteiger partial charge in [0.25, 0.3) is 0 Å². The summed E-state index contributed by atoms with van der Waals surface area (Å²) in [7, 11) is 0. The first-order valence-corrected chi connectivity index (χ1v) is 6.37. The summed E-state index contributed by atoms with van der Waals surface area (Å²) < 4.78 is 1.35. The van der Waals surface area contributed by atoms with Crippen LogP contribution >= 0.6 is 23.2 Å². The molecule has 0 unspecified atom stereocenters. The second kappa shape index (κ2) is 4.77. The summed E-state index contributed by atoms with van der Waals surface area (Å²) in [6.45, 7) is 0. The first-order valence-electron chi connectivity index (χ1n) is 5.61. The van der Waals surface area contributed by atoms with E-state index in [-0.39, 0.29) is 5.56 Å². The van der Waals surface area contributed by atoms with Gasteiger partial charge in [-0.2, -0.15) is 0 Å². The molecule has 0 fully saturated rings. The summed E-state index contributed by atoms with van der Waals surface area (Å²) in [6, 6.07) is 9.77. The Labute approximate surface area is 123 Å². The molecule has 0 atom stereocenters. The molecule has 5 nitrogen and oxygen atoms in total. The molecular weight excluding hydrogens is 301 g/mol. The third-order valence-electron chi connectivity index (χ3n) is 2.85. The Kier molecular flexibility index (Phi) is 3.08. The van der Waals surface area contributed by atoms with Gasteiger partial charge in [-0.1, -0.05) is 40.5 Å². The lowest BCUT2D eigenvalue weighted by Gasteiger charge is -2.08. The highest BCUT2D eigenvalue weighted by Crippen LogP contribution is 2.30. The number of carbonyl (C=O) groups is 1. The Morgan fingerprint density at radius 1 is 1.10 bits per heavy atom. The minimum Gasteiger partial charge on any atom is -0.478 e. The number of hydrogen-bond donors (Lipinski definition) is 1. The van der Waals surface area contributed by atoms with Crippen LogP contribution in [0.5, 0.6) is 0 Å². The van der Waals surface area contributed by atoms with Gasteiger partial charge in [0.15, 0.2) is 0 Å². The first kappa shape index (κ1) is 12.9. The van der Waals surface area contributed by atoms with Crippen LogP contribution in [0.2, 0.25) is 10.0 Å². The van der Waals surface area contributed by atoms with E-state index in [1.54, 1.807) is 30.3 Å². The molecule has 100 valence electrons. The predicted octanol–water partition coefficient (Wildman–Crippen LogP) is 3.43. The summed E-state index contributed by atoms with van der Waals surface area (Å²) in [6.07, 6.45) is 0. The van der Waals surface area contributed by atoms with Crippen LogP contribution in [0.3, 0.4) is 0 Å². The minimum atomic E-state index is -1.07. The Balaban J connectivity index is 2.41. The molecule has 1 N–H and O–H groups in total. The topological polar surface area (TPSA) is 68.0 Å². The molecule has 1 aromatic heterocycles. The Hall–Kier alpha value is -2.11. The average Bonchev–Trinajstić information content (AvgIpc) is 2.82. The average molecular weight is 308 g/mol. The summed E-state index contributed by atoms with van der Waals surface area (Å²) in [5.41, 5.74) is 1.31. The van der Waals surface area contributed by atoms with E-state index in [9.17, 15) is 9.90 Å².